The van der Waals surface area contributed by atoms with E-state index in [-0.39, 0.29) is 0 Å². The van der Waals surface area contributed by atoms with E-state index in [1.54, 1.807) is 0 Å². The third-order valence-corrected chi connectivity index (χ3v) is 7.37. The van der Waals surface area contributed by atoms with Crippen molar-refractivity contribution in [3.05, 3.63) is 126 Å². The van der Waals surface area contributed by atoms with Crippen LogP contribution in [0.1, 0.15) is 43.7 Å². The average molecular weight is 457 g/mol. The molecule has 1 heterocycles. The highest BCUT2D eigenvalue weighted by Gasteiger charge is 2.28. The molecule has 2 heteroatoms. The third-order valence-electron chi connectivity index (χ3n) is 7.37. The molecule has 0 spiro atoms. The van der Waals surface area contributed by atoms with Crippen LogP contribution < -0.4 is 10.2 Å². The molecule has 3 aromatic rings. The van der Waals surface area contributed by atoms with E-state index < -0.39 is 0 Å². The molecule has 1 aliphatic heterocycles. The SMILES string of the molecule is CCCC1=CCC(N(c2ccccc2)c2ccc(C3=CCC4Nc5ccccc5C4=C3)cc2)C=C1. The summed E-state index contributed by atoms with van der Waals surface area (Å²) < 4.78 is 0. The molecule has 0 fully saturated rings. The van der Waals surface area contributed by atoms with Crippen molar-refractivity contribution in [1.29, 1.82) is 0 Å². The predicted molar refractivity (Wildman–Crippen MR) is 150 cm³/mol. The number of nitrogens with one attached hydrogen (secondary N) is 1. The van der Waals surface area contributed by atoms with Crippen LogP contribution in [0.2, 0.25) is 0 Å². The van der Waals surface area contributed by atoms with Gasteiger partial charge in [0.25, 0.3) is 0 Å². The molecule has 3 aliphatic rings. The molecule has 0 bridgehead atoms. The van der Waals surface area contributed by atoms with Crippen molar-refractivity contribution < 1.29 is 0 Å². The van der Waals surface area contributed by atoms with Crippen molar-refractivity contribution in [1.82, 2.24) is 0 Å². The molecule has 0 radical (unpaired) electrons. The van der Waals surface area contributed by atoms with Crippen LogP contribution in [0.25, 0.3) is 11.1 Å². The molecule has 6 rings (SSSR count). The summed E-state index contributed by atoms with van der Waals surface area (Å²) in [6.45, 7) is 2.25. The molecule has 174 valence electrons. The van der Waals surface area contributed by atoms with Gasteiger partial charge in [0.15, 0.2) is 0 Å². The van der Waals surface area contributed by atoms with Gasteiger partial charge in [-0.1, -0.05) is 91.8 Å². The van der Waals surface area contributed by atoms with Gasteiger partial charge < -0.3 is 10.2 Å². The summed E-state index contributed by atoms with van der Waals surface area (Å²) in [5, 5.41) is 3.67. The Balaban J connectivity index is 1.28. The van der Waals surface area contributed by atoms with Crippen LogP contribution in [-0.4, -0.2) is 12.1 Å². The molecule has 35 heavy (non-hydrogen) atoms. The molecule has 2 unspecified atom stereocenters. The Labute approximate surface area is 209 Å². The van der Waals surface area contributed by atoms with Crippen molar-refractivity contribution in [2.24, 2.45) is 0 Å². The van der Waals surface area contributed by atoms with Gasteiger partial charge in [-0.3, -0.25) is 0 Å². The minimum absolute atomic E-state index is 0.321. The number of fused-ring (bicyclic) bond motifs is 3. The van der Waals surface area contributed by atoms with E-state index in [9.17, 15) is 0 Å². The van der Waals surface area contributed by atoms with Crippen LogP contribution in [-0.2, 0) is 0 Å². The fourth-order valence-electron chi connectivity index (χ4n) is 5.60. The monoisotopic (exact) mass is 456 g/mol. The van der Waals surface area contributed by atoms with Crippen LogP contribution in [0.3, 0.4) is 0 Å². The Morgan fingerprint density at radius 1 is 0.829 bits per heavy atom. The zero-order valence-corrected chi connectivity index (χ0v) is 20.3. The molecule has 0 saturated heterocycles. The van der Waals surface area contributed by atoms with Crippen molar-refractivity contribution in [3.8, 4) is 0 Å². The summed E-state index contributed by atoms with van der Waals surface area (Å²) in [4.78, 5) is 2.47. The Morgan fingerprint density at radius 2 is 1.60 bits per heavy atom. The second-order valence-corrected chi connectivity index (χ2v) is 9.68. The highest BCUT2D eigenvalue weighted by atomic mass is 15.2. The summed E-state index contributed by atoms with van der Waals surface area (Å²) >= 11 is 0. The zero-order valence-electron chi connectivity index (χ0n) is 20.3. The summed E-state index contributed by atoms with van der Waals surface area (Å²) in [5.74, 6) is 0. The lowest BCUT2D eigenvalue weighted by molar-refractivity contribution is 0.768. The standard InChI is InChI=1S/C33H32N2/c1-2-8-24-13-18-28(19-14-24)35(27-9-4-3-5-10-27)29-20-15-25(16-21-29)26-17-22-33-31(23-26)30-11-6-7-12-32(30)34-33/h3-7,9-18,20-21,23,28,33-34H,2,8,19,22H2,1H3. The second-order valence-electron chi connectivity index (χ2n) is 9.68. The lowest BCUT2D eigenvalue weighted by atomic mass is 9.89. The highest BCUT2D eigenvalue weighted by Crippen LogP contribution is 2.41. The fraction of sp³-hybridized carbons (Fsp3) is 0.212. The predicted octanol–water partition coefficient (Wildman–Crippen LogP) is 8.54. The smallest absolute Gasteiger partial charge is 0.0560 e. The van der Waals surface area contributed by atoms with Crippen LogP contribution in [0.4, 0.5) is 17.1 Å². The first-order chi connectivity index (χ1) is 17.3. The van der Waals surface area contributed by atoms with Gasteiger partial charge >= 0.3 is 0 Å². The zero-order chi connectivity index (χ0) is 23.6. The molecule has 0 aromatic heterocycles. The van der Waals surface area contributed by atoms with E-state index in [4.69, 9.17) is 0 Å². The number of rotatable bonds is 6. The third kappa shape index (κ3) is 4.25. The summed E-state index contributed by atoms with van der Waals surface area (Å²) in [5.41, 5.74) is 10.5. The van der Waals surface area contributed by atoms with Crippen LogP contribution in [0.5, 0.6) is 0 Å². The maximum absolute atomic E-state index is 3.67. The second kappa shape index (κ2) is 9.46. The van der Waals surface area contributed by atoms with Gasteiger partial charge in [0.05, 0.1) is 12.1 Å². The molecule has 0 saturated carbocycles. The van der Waals surface area contributed by atoms with Crippen molar-refractivity contribution in [2.45, 2.75) is 44.7 Å². The summed E-state index contributed by atoms with van der Waals surface area (Å²) in [6, 6.07) is 29.3. The Hall–Kier alpha value is -3.78. The molecule has 2 aliphatic carbocycles. The molecule has 2 atom stereocenters. The fourth-order valence-corrected chi connectivity index (χ4v) is 5.60. The molecule has 2 nitrogen and oxygen atoms in total. The van der Waals surface area contributed by atoms with E-state index in [1.165, 1.54) is 51.3 Å². The Kier molecular flexibility index (Phi) is 5.88. The maximum atomic E-state index is 3.67. The van der Waals surface area contributed by atoms with Crippen molar-refractivity contribution in [3.63, 3.8) is 0 Å². The molecule has 0 amide bonds. The van der Waals surface area contributed by atoms with Crippen LogP contribution >= 0.6 is 0 Å². The van der Waals surface area contributed by atoms with Crippen LogP contribution in [0, 0.1) is 0 Å². The normalized spacial score (nSPS) is 20.2. The lowest BCUT2D eigenvalue weighted by Gasteiger charge is -2.33. The van der Waals surface area contributed by atoms with Gasteiger partial charge in [-0.25, -0.2) is 0 Å². The average Bonchev–Trinajstić information content (AvgIpc) is 3.29. The van der Waals surface area contributed by atoms with Gasteiger partial charge in [-0.05, 0) is 72.4 Å². The van der Waals surface area contributed by atoms with E-state index in [1.807, 2.05) is 0 Å². The summed E-state index contributed by atoms with van der Waals surface area (Å²) in [6.07, 6.45) is 16.3. The minimum atomic E-state index is 0.321. The van der Waals surface area contributed by atoms with Crippen molar-refractivity contribution in [2.75, 3.05) is 10.2 Å². The largest absolute Gasteiger partial charge is 0.377 e. The van der Waals surface area contributed by atoms with E-state index in [2.05, 4.69) is 126 Å². The highest BCUT2D eigenvalue weighted by molar-refractivity contribution is 5.95. The number of para-hydroxylation sites is 2. The molecule has 3 aromatic carbocycles. The number of hydrogen-bond donors (Lipinski definition) is 1. The van der Waals surface area contributed by atoms with Crippen molar-refractivity contribution >= 4 is 28.2 Å². The number of anilines is 3. The van der Waals surface area contributed by atoms with Gasteiger partial charge in [0.1, 0.15) is 0 Å². The molecular weight excluding hydrogens is 424 g/mol. The van der Waals surface area contributed by atoms with E-state index in [0.717, 1.165) is 19.3 Å². The van der Waals surface area contributed by atoms with E-state index >= 15 is 0 Å². The van der Waals surface area contributed by atoms with Crippen LogP contribution in [0.15, 0.2) is 115 Å². The number of nitrogens with zero attached hydrogens (tertiary/aromatic N) is 1. The van der Waals surface area contributed by atoms with E-state index in [0.29, 0.717) is 12.1 Å². The Bertz CT molecular complexity index is 1330. The first kappa shape index (κ1) is 21.7. The first-order valence-corrected chi connectivity index (χ1v) is 12.9. The quantitative estimate of drug-likeness (QED) is 0.400. The minimum Gasteiger partial charge on any atom is -0.377 e. The lowest BCUT2D eigenvalue weighted by Crippen LogP contribution is -2.30. The number of benzene rings is 3. The first-order valence-electron chi connectivity index (χ1n) is 12.9. The van der Waals surface area contributed by atoms with Gasteiger partial charge in [-0.2, -0.15) is 0 Å². The van der Waals surface area contributed by atoms with Gasteiger partial charge in [-0.15, -0.1) is 0 Å². The Morgan fingerprint density at radius 3 is 2.37 bits per heavy atom. The van der Waals surface area contributed by atoms with Gasteiger partial charge in [0.2, 0.25) is 0 Å². The number of hydrogen-bond acceptors (Lipinski definition) is 2. The molecule has 1 N–H and O–H groups in total. The maximum Gasteiger partial charge on any atom is 0.0560 e. The summed E-state index contributed by atoms with van der Waals surface area (Å²) in [7, 11) is 0. The molecular formula is C33H32N2. The van der Waals surface area contributed by atoms with Gasteiger partial charge in [0, 0.05) is 22.6 Å². The topological polar surface area (TPSA) is 15.3 Å². The number of allylic oxidation sites excluding steroid dienone is 4.